The van der Waals surface area contributed by atoms with Crippen LogP contribution >= 0.6 is 0 Å². The first kappa shape index (κ1) is 11.5. The molecule has 0 aromatic rings. The van der Waals surface area contributed by atoms with Crippen LogP contribution in [0.2, 0.25) is 0 Å². The van der Waals surface area contributed by atoms with Crippen molar-refractivity contribution in [3.8, 4) is 0 Å². The first-order chi connectivity index (χ1) is 7.04. The summed E-state index contributed by atoms with van der Waals surface area (Å²) in [5.74, 6) is 3.28. The molecule has 0 aliphatic heterocycles. The third-order valence-electron chi connectivity index (χ3n) is 4.55. The first-order valence-electron chi connectivity index (χ1n) is 7.04. The van der Waals surface area contributed by atoms with Crippen LogP contribution in [0.4, 0.5) is 0 Å². The molecule has 0 heterocycles. The van der Waals surface area contributed by atoms with Gasteiger partial charge in [0, 0.05) is 0 Å². The third-order valence-corrected chi connectivity index (χ3v) is 4.55. The normalized spacial score (nSPS) is 37.4. The average Bonchev–Trinajstić information content (AvgIpc) is 2.15. The van der Waals surface area contributed by atoms with Gasteiger partial charge in [-0.3, -0.25) is 0 Å². The number of rotatable bonds is 1. The van der Waals surface area contributed by atoms with Crippen molar-refractivity contribution in [1.29, 1.82) is 0 Å². The number of fused-ring (bicyclic) bond motifs is 1. The molecular formula is C15H28. The Labute approximate surface area is 95.8 Å². The molecule has 0 bridgehead atoms. The van der Waals surface area contributed by atoms with Gasteiger partial charge in [-0.25, -0.2) is 0 Å². The number of hydrogen-bond donors (Lipinski definition) is 0. The minimum absolute atomic E-state index is 0.548. The SMILES string of the molecule is CC(C)(C)CC1CC[C@@H]2CCCC[C@@H]2C1. The zero-order chi connectivity index (χ0) is 10.9. The molecule has 0 spiro atoms. The van der Waals surface area contributed by atoms with E-state index in [4.69, 9.17) is 0 Å². The van der Waals surface area contributed by atoms with Crippen LogP contribution in [0.15, 0.2) is 0 Å². The highest BCUT2D eigenvalue weighted by Crippen LogP contribution is 2.45. The fourth-order valence-corrected chi connectivity index (χ4v) is 4.02. The van der Waals surface area contributed by atoms with Gasteiger partial charge in [-0.05, 0) is 42.4 Å². The second kappa shape index (κ2) is 4.47. The minimum Gasteiger partial charge on any atom is -0.0602 e. The molecule has 2 rings (SSSR count). The molecular weight excluding hydrogens is 180 g/mol. The van der Waals surface area contributed by atoms with Crippen LogP contribution in [-0.4, -0.2) is 0 Å². The van der Waals surface area contributed by atoms with Gasteiger partial charge in [0.05, 0.1) is 0 Å². The average molecular weight is 208 g/mol. The van der Waals surface area contributed by atoms with Crippen molar-refractivity contribution >= 4 is 0 Å². The largest absolute Gasteiger partial charge is 0.0602 e. The molecule has 15 heavy (non-hydrogen) atoms. The van der Waals surface area contributed by atoms with Gasteiger partial charge in [-0.15, -0.1) is 0 Å². The van der Waals surface area contributed by atoms with Crippen molar-refractivity contribution in [2.24, 2.45) is 23.2 Å². The lowest BCUT2D eigenvalue weighted by Gasteiger charge is -2.41. The van der Waals surface area contributed by atoms with Gasteiger partial charge in [0.25, 0.3) is 0 Å². The zero-order valence-corrected chi connectivity index (χ0v) is 10.9. The van der Waals surface area contributed by atoms with E-state index in [1.165, 1.54) is 25.7 Å². The lowest BCUT2D eigenvalue weighted by atomic mass is 9.65. The van der Waals surface area contributed by atoms with Crippen LogP contribution < -0.4 is 0 Å². The summed E-state index contributed by atoms with van der Waals surface area (Å²) in [6.45, 7) is 7.21. The lowest BCUT2D eigenvalue weighted by Crippen LogP contribution is -2.29. The van der Waals surface area contributed by atoms with Crippen molar-refractivity contribution in [2.45, 2.75) is 72.1 Å². The van der Waals surface area contributed by atoms with E-state index in [1.54, 1.807) is 25.7 Å². The Bertz CT molecular complexity index is 199. The molecule has 1 unspecified atom stereocenters. The summed E-state index contributed by atoms with van der Waals surface area (Å²) in [6, 6.07) is 0. The Morgan fingerprint density at radius 3 is 2.20 bits per heavy atom. The highest BCUT2D eigenvalue weighted by atomic mass is 14.4. The van der Waals surface area contributed by atoms with Crippen LogP contribution in [0, 0.1) is 23.2 Å². The lowest BCUT2D eigenvalue weighted by molar-refractivity contribution is 0.107. The van der Waals surface area contributed by atoms with Crippen molar-refractivity contribution in [3.63, 3.8) is 0 Å². The molecule has 88 valence electrons. The van der Waals surface area contributed by atoms with E-state index in [0.29, 0.717) is 5.41 Å². The smallest absolute Gasteiger partial charge is 0.0380 e. The monoisotopic (exact) mass is 208 g/mol. The molecule has 2 fully saturated rings. The summed E-state index contributed by atoms with van der Waals surface area (Å²) in [6.07, 6.45) is 12.2. The van der Waals surface area contributed by atoms with E-state index in [9.17, 15) is 0 Å². The van der Waals surface area contributed by atoms with Crippen molar-refractivity contribution < 1.29 is 0 Å². The molecule has 0 aromatic carbocycles. The standard InChI is InChI=1S/C15H28/c1-15(2,3)11-12-8-9-13-6-4-5-7-14(13)10-12/h12-14H,4-11H2,1-3H3/t12?,13-,14+/m0/s1. The summed E-state index contributed by atoms with van der Waals surface area (Å²) in [4.78, 5) is 0. The Morgan fingerprint density at radius 2 is 1.53 bits per heavy atom. The van der Waals surface area contributed by atoms with Crippen molar-refractivity contribution in [2.75, 3.05) is 0 Å². The van der Waals surface area contributed by atoms with Gasteiger partial charge < -0.3 is 0 Å². The van der Waals surface area contributed by atoms with Crippen LogP contribution in [-0.2, 0) is 0 Å². The number of hydrogen-bond acceptors (Lipinski definition) is 0. The zero-order valence-electron chi connectivity index (χ0n) is 10.9. The Balaban J connectivity index is 1.85. The van der Waals surface area contributed by atoms with Gasteiger partial charge >= 0.3 is 0 Å². The molecule has 0 radical (unpaired) electrons. The van der Waals surface area contributed by atoms with Crippen LogP contribution in [0.3, 0.4) is 0 Å². The van der Waals surface area contributed by atoms with Crippen LogP contribution in [0.1, 0.15) is 72.1 Å². The summed E-state index contributed by atoms with van der Waals surface area (Å²) in [7, 11) is 0. The maximum Gasteiger partial charge on any atom is -0.0380 e. The second-order valence-electron chi connectivity index (χ2n) is 7.25. The van der Waals surface area contributed by atoms with Gasteiger partial charge in [-0.2, -0.15) is 0 Å². The molecule has 2 aliphatic rings. The highest BCUT2D eigenvalue weighted by molar-refractivity contribution is 4.84. The van der Waals surface area contributed by atoms with Crippen molar-refractivity contribution in [1.82, 2.24) is 0 Å². The molecule has 2 aliphatic carbocycles. The molecule has 0 heteroatoms. The van der Waals surface area contributed by atoms with E-state index < -0.39 is 0 Å². The Hall–Kier alpha value is 0. The van der Waals surface area contributed by atoms with Crippen molar-refractivity contribution in [3.05, 3.63) is 0 Å². The molecule has 0 saturated heterocycles. The Kier molecular flexibility index (Phi) is 3.42. The van der Waals surface area contributed by atoms with E-state index >= 15 is 0 Å². The first-order valence-corrected chi connectivity index (χ1v) is 7.04. The van der Waals surface area contributed by atoms with Crippen LogP contribution in [0.25, 0.3) is 0 Å². The molecule has 0 N–H and O–H groups in total. The maximum absolute atomic E-state index is 2.40. The topological polar surface area (TPSA) is 0 Å². The summed E-state index contributed by atoms with van der Waals surface area (Å²) in [5.41, 5.74) is 0.548. The highest BCUT2D eigenvalue weighted by Gasteiger charge is 2.33. The summed E-state index contributed by atoms with van der Waals surface area (Å²) in [5, 5.41) is 0. The maximum atomic E-state index is 2.40. The van der Waals surface area contributed by atoms with E-state index in [1.807, 2.05) is 0 Å². The second-order valence-corrected chi connectivity index (χ2v) is 7.25. The quantitative estimate of drug-likeness (QED) is 0.567. The predicted octanol–water partition coefficient (Wildman–Crippen LogP) is 5.03. The molecule has 0 nitrogen and oxygen atoms in total. The molecule has 2 saturated carbocycles. The predicted molar refractivity (Wildman–Crippen MR) is 66.9 cm³/mol. The molecule has 3 atom stereocenters. The van der Waals surface area contributed by atoms with E-state index in [2.05, 4.69) is 20.8 Å². The Morgan fingerprint density at radius 1 is 0.867 bits per heavy atom. The minimum atomic E-state index is 0.548. The van der Waals surface area contributed by atoms with E-state index in [-0.39, 0.29) is 0 Å². The summed E-state index contributed by atoms with van der Waals surface area (Å²) >= 11 is 0. The fourth-order valence-electron chi connectivity index (χ4n) is 4.02. The van der Waals surface area contributed by atoms with Crippen LogP contribution in [0.5, 0.6) is 0 Å². The fraction of sp³-hybridized carbons (Fsp3) is 1.00. The van der Waals surface area contributed by atoms with E-state index in [0.717, 1.165) is 17.8 Å². The molecule has 0 amide bonds. The van der Waals surface area contributed by atoms with Gasteiger partial charge in [0.1, 0.15) is 0 Å². The van der Waals surface area contributed by atoms with Gasteiger partial charge in [-0.1, -0.05) is 52.9 Å². The van der Waals surface area contributed by atoms with Gasteiger partial charge in [0.15, 0.2) is 0 Å². The molecule has 0 aromatic heterocycles. The van der Waals surface area contributed by atoms with Gasteiger partial charge in [0.2, 0.25) is 0 Å². The third kappa shape index (κ3) is 3.23. The summed E-state index contributed by atoms with van der Waals surface area (Å²) < 4.78 is 0.